The van der Waals surface area contributed by atoms with E-state index >= 15 is 0 Å². The number of hydrogen-bond donors (Lipinski definition) is 1. The van der Waals surface area contributed by atoms with Crippen LogP contribution in [0.2, 0.25) is 0 Å². The molecule has 0 spiro atoms. The number of carbonyl (C=O) groups excluding carboxylic acids is 1. The second-order valence-corrected chi connectivity index (χ2v) is 6.07. The Morgan fingerprint density at radius 3 is 2.64 bits per heavy atom. The Morgan fingerprint density at radius 2 is 2.14 bits per heavy atom. The predicted molar refractivity (Wildman–Crippen MR) is 86.3 cm³/mol. The van der Waals surface area contributed by atoms with Crippen LogP contribution in [0.4, 0.5) is 0 Å². The Labute approximate surface area is 132 Å². The highest BCUT2D eigenvalue weighted by atomic mass is 16.5. The van der Waals surface area contributed by atoms with Crippen LogP contribution in [0.1, 0.15) is 38.7 Å². The van der Waals surface area contributed by atoms with Crippen molar-refractivity contribution in [3.05, 3.63) is 23.8 Å². The largest absolute Gasteiger partial charge is 0.493 e. The molecular formula is C17H26N2O3. The highest BCUT2D eigenvalue weighted by Crippen LogP contribution is 2.36. The van der Waals surface area contributed by atoms with Gasteiger partial charge in [0.1, 0.15) is 0 Å². The van der Waals surface area contributed by atoms with Gasteiger partial charge in [0.05, 0.1) is 13.2 Å². The highest BCUT2D eigenvalue weighted by Gasteiger charge is 2.33. The van der Waals surface area contributed by atoms with E-state index in [1.165, 1.54) is 5.56 Å². The van der Waals surface area contributed by atoms with Crippen molar-refractivity contribution in [1.82, 2.24) is 4.90 Å². The molecule has 0 radical (unpaired) electrons. The summed E-state index contributed by atoms with van der Waals surface area (Å²) in [6.07, 6.45) is 0.974. The predicted octanol–water partition coefficient (Wildman–Crippen LogP) is 2.15. The monoisotopic (exact) mass is 306 g/mol. The zero-order chi connectivity index (χ0) is 16.3. The van der Waals surface area contributed by atoms with Crippen molar-refractivity contribution in [2.75, 3.05) is 20.2 Å². The normalized spacial score (nSPS) is 21.3. The molecule has 2 N–H and O–H groups in total. The molecule has 1 aliphatic heterocycles. The molecule has 0 aliphatic carbocycles. The molecule has 2 atom stereocenters. The van der Waals surface area contributed by atoms with Gasteiger partial charge in [0.2, 0.25) is 5.91 Å². The maximum atomic E-state index is 11.7. The van der Waals surface area contributed by atoms with E-state index in [2.05, 4.69) is 0 Å². The lowest BCUT2D eigenvalue weighted by molar-refractivity contribution is -0.129. The topological polar surface area (TPSA) is 64.8 Å². The van der Waals surface area contributed by atoms with E-state index in [0.29, 0.717) is 13.1 Å². The van der Waals surface area contributed by atoms with Crippen molar-refractivity contribution in [2.45, 2.75) is 45.3 Å². The van der Waals surface area contributed by atoms with Gasteiger partial charge in [0, 0.05) is 32.0 Å². The van der Waals surface area contributed by atoms with Gasteiger partial charge in [-0.25, -0.2) is 0 Å². The number of ether oxygens (including phenoxy) is 2. The minimum absolute atomic E-state index is 0.0817. The SMILES string of the molecule is COc1ccc([C@@H]2C[C@H](CN)N(C(C)=O)C2)cc1OC(C)C. The molecule has 1 heterocycles. The van der Waals surface area contributed by atoms with Crippen molar-refractivity contribution in [3.8, 4) is 11.5 Å². The zero-order valence-corrected chi connectivity index (χ0v) is 13.8. The summed E-state index contributed by atoms with van der Waals surface area (Å²) < 4.78 is 11.2. The average molecular weight is 306 g/mol. The molecule has 1 aromatic rings. The molecule has 5 nitrogen and oxygen atoms in total. The van der Waals surface area contributed by atoms with Crippen LogP contribution in [0, 0.1) is 0 Å². The summed E-state index contributed by atoms with van der Waals surface area (Å²) in [6, 6.07) is 6.13. The summed E-state index contributed by atoms with van der Waals surface area (Å²) in [4.78, 5) is 13.6. The molecule has 1 amide bonds. The van der Waals surface area contributed by atoms with Gasteiger partial charge in [-0.05, 0) is 38.0 Å². The number of carbonyl (C=O) groups is 1. The van der Waals surface area contributed by atoms with E-state index in [9.17, 15) is 4.79 Å². The minimum atomic E-state index is 0.0817. The molecule has 0 saturated carbocycles. The third-order valence-electron chi connectivity index (χ3n) is 4.11. The summed E-state index contributed by atoms with van der Waals surface area (Å²) in [6.45, 7) is 6.80. The van der Waals surface area contributed by atoms with Crippen molar-refractivity contribution in [3.63, 3.8) is 0 Å². The number of nitrogens with zero attached hydrogens (tertiary/aromatic N) is 1. The Balaban J connectivity index is 2.24. The van der Waals surface area contributed by atoms with Gasteiger partial charge in [0.25, 0.3) is 0 Å². The van der Waals surface area contributed by atoms with Gasteiger partial charge in [-0.2, -0.15) is 0 Å². The molecule has 0 aromatic heterocycles. The second kappa shape index (κ2) is 7.01. The molecule has 1 saturated heterocycles. The van der Waals surface area contributed by atoms with Crippen molar-refractivity contribution in [2.24, 2.45) is 5.73 Å². The fraction of sp³-hybridized carbons (Fsp3) is 0.588. The number of methoxy groups -OCH3 is 1. The first-order valence-electron chi connectivity index (χ1n) is 7.78. The molecule has 1 aliphatic rings. The number of hydrogen-bond acceptors (Lipinski definition) is 4. The first-order chi connectivity index (χ1) is 10.5. The lowest BCUT2D eigenvalue weighted by atomic mass is 9.96. The maximum absolute atomic E-state index is 11.7. The van der Waals surface area contributed by atoms with E-state index in [1.54, 1.807) is 14.0 Å². The van der Waals surface area contributed by atoms with Gasteiger partial charge < -0.3 is 20.1 Å². The van der Waals surface area contributed by atoms with Crippen LogP contribution in [-0.2, 0) is 4.79 Å². The molecule has 1 fully saturated rings. The summed E-state index contributed by atoms with van der Waals surface area (Å²) >= 11 is 0. The summed E-state index contributed by atoms with van der Waals surface area (Å²) in [7, 11) is 1.64. The van der Waals surface area contributed by atoms with Crippen molar-refractivity contribution in [1.29, 1.82) is 0 Å². The average Bonchev–Trinajstić information content (AvgIpc) is 2.91. The van der Waals surface area contributed by atoms with Crippen LogP contribution < -0.4 is 15.2 Å². The highest BCUT2D eigenvalue weighted by molar-refractivity contribution is 5.74. The summed E-state index contributed by atoms with van der Waals surface area (Å²) in [5.74, 6) is 1.86. The van der Waals surface area contributed by atoms with Crippen LogP contribution in [0.5, 0.6) is 11.5 Å². The van der Waals surface area contributed by atoms with Gasteiger partial charge in [-0.3, -0.25) is 4.79 Å². The number of amides is 1. The van der Waals surface area contributed by atoms with E-state index in [0.717, 1.165) is 17.9 Å². The Bertz CT molecular complexity index is 531. The standard InChI is InChI=1S/C17H26N2O3/c1-11(2)22-17-8-13(5-6-16(17)21-4)14-7-15(9-18)19(10-14)12(3)20/h5-6,8,11,14-15H,7,9-10,18H2,1-4H3/t14-,15-/m1/s1. The Hall–Kier alpha value is -1.75. The first kappa shape index (κ1) is 16.6. The molecule has 22 heavy (non-hydrogen) atoms. The van der Waals surface area contributed by atoms with Crippen LogP contribution >= 0.6 is 0 Å². The summed E-state index contributed by atoms with van der Waals surface area (Å²) in [5, 5.41) is 0. The number of rotatable bonds is 5. The molecule has 0 unspecified atom stereocenters. The minimum Gasteiger partial charge on any atom is -0.493 e. The van der Waals surface area contributed by atoms with Gasteiger partial charge >= 0.3 is 0 Å². The van der Waals surface area contributed by atoms with E-state index in [-0.39, 0.29) is 24.0 Å². The smallest absolute Gasteiger partial charge is 0.219 e. The lowest BCUT2D eigenvalue weighted by Gasteiger charge is -2.21. The maximum Gasteiger partial charge on any atom is 0.219 e. The quantitative estimate of drug-likeness (QED) is 0.905. The van der Waals surface area contributed by atoms with Crippen molar-refractivity contribution < 1.29 is 14.3 Å². The molecule has 2 rings (SSSR count). The molecule has 0 bridgehead atoms. The molecule has 1 aromatic carbocycles. The molecule has 122 valence electrons. The third-order valence-corrected chi connectivity index (χ3v) is 4.11. The van der Waals surface area contributed by atoms with Gasteiger partial charge in [-0.15, -0.1) is 0 Å². The Morgan fingerprint density at radius 1 is 1.41 bits per heavy atom. The fourth-order valence-corrected chi connectivity index (χ4v) is 3.06. The van der Waals surface area contributed by atoms with Gasteiger partial charge in [-0.1, -0.05) is 6.07 Å². The van der Waals surface area contributed by atoms with E-state index in [4.69, 9.17) is 15.2 Å². The second-order valence-electron chi connectivity index (χ2n) is 6.07. The van der Waals surface area contributed by atoms with E-state index < -0.39 is 0 Å². The summed E-state index contributed by atoms with van der Waals surface area (Å²) in [5.41, 5.74) is 6.97. The Kier molecular flexibility index (Phi) is 5.29. The lowest BCUT2D eigenvalue weighted by Crippen LogP contribution is -2.38. The zero-order valence-electron chi connectivity index (χ0n) is 13.8. The third kappa shape index (κ3) is 3.53. The van der Waals surface area contributed by atoms with Crippen LogP contribution in [-0.4, -0.2) is 43.2 Å². The molecular weight excluding hydrogens is 280 g/mol. The molecule has 5 heteroatoms. The number of nitrogens with two attached hydrogens (primary N) is 1. The first-order valence-corrected chi connectivity index (χ1v) is 7.78. The number of likely N-dealkylation sites (tertiary alicyclic amines) is 1. The van der Waals surface area contributed by atoms with Crippen LogP contribution in [0.25, 0.3) is 0 Å². The fourth-order valence-electron chi connectivity index (χ4n) is 3.06. The number of benzene rings is 1. The van der Waals surface area contributed by atoms with E-state index in [1.807, 2.05) is 36.9 Å². The van der Waals surface area contributed by atoms with Crippen LogP contribution in [0.3, 0.4) is 0 Å². The van der Waals surface area contributed by atoms with Gasteiger partial charge in [0.15, 0.2) is 11.5 Å². The van der Waals surface area contributed by atoms with Crippen LogP contribution in [0.15, 0.2) is 18.2 Å². The van der Waals surface area contributed by atoms with Crippen molar-refractivity contribution >= 4 is 5.91 Å².